The van der Waals surface area contributed by atoms with Crippen LogP contribution >= 0.6 is 0 Å². The van der Waals surface area contributed by atoms with Gasteiger partial charge in [0.1, 0.15) is 11.6 Å². The van der Waals surface area contributed by atoms with Crippen LogP contribution in [0.3, 0.4) is 0 Å². The van der Waals surface area contributed by atoms with Crippen molar-refractivity contribution in [2.45, 2.75) is 38.5 Å². The number of nitrogens with one attached hydrogen (secondary N) is 2. The number of para-hydroxylation sites is 1. The Hall–Kier alpha value is -2.81. The van der Waals surface area contributed by atoms with Gasteiger partial charge in [-0.1, -0.05) is 18.2 Å². The van der Waals surface area contributed by atoms with E-state index in [-0.39, 0.29) is 6.02 Å². The van der Waals surface area contributed by atoms with Crippen molar-refractivity contribution < 1.29 is 4.74 Å². The van der Waals surface area contributed by atoms with Gasteiger partial charge in [-0.2, -0.15) is 5.26 Å². The highest BCUT2D eigenvalue weighted by Crippen LogP contribution is 2.19. The van der Waals surface area contributed by atoms with Gasteiger partial charge in [-0.05, 0) is 44.2 Å². The van der Waals surface area contributed by atoms with Gasteiger partial charge in [-0.3, -0.25) is 0 Å². The predicted octanol–water partition coefficient (Wildman–Crippen LogP) is 2.73. The number of ether oxygens (including phenoxy) is 1. The minimum absolute atomic E-state index is 0.224. The highest BCUT2D eigenvalue weighted by molar-refractivity contribution is 5.77. The molecule has 0 aliphatic heterocycles. The van der Waals surface area contributed by atoms with Gasteiger partial charge in [0.2, 0.25) is 0 Å². The number of aryl methyl sites for hydroxylation is 3. The first-order valence-corrected chi connectivity index (χ1v) is 8.34. The molecule has 24 heavy (non-hydrogen) atoms. The lowest BCUT2D eigenvalue weighted by Crippen LogP contribution is -2.24. The van der Waals surface area contributed by atoms with Crippen LogP contribution in [-0.2, 0) is 19.3 Å². The molecule has 2 aromatic rings. The summed E-state index contributed by atoms with van der Waals surface area (Å²) in [5.41, 5.74) is 2.54. The number of fused-ring (bicyclic) bond motifs is 1. The minimum atomic E-state index is 0.224. The molecule has 1 aromatic heterocycles. The van der Waals surface area contributed by atoms with Crippen LogP contribution in [0.4, 0.5) is 0 Å². The first kappa shape index (κ1) is 16.1. The fraction of sp³-hybridized carbons (Fsp3) is 0.389. The summed E-state index contributed by atoms with van der Waals surface area (Å²) in [5, 5.41) is 11.3. The molecule has 0 bridgehead atoms. The lowest BCUT2D eigenvalue weighted by Gasteiger charge is -2.07. The number of aliphatic imine (C=N–C) groups is 1. The van der Waals surface area contributed by atoms with Crippen LogP contribution in [0.2, 0.25) is 0 Å². The second kappa shape index (κ2) is 8.16. The maximum Gasteiger partial charge on any atom is 0.303 e. The van der Waals surface area contributed by atoms with Crippen LogP contribution in [0.15, 0.2) is 35.3 Å². The number of amidine groups is 1. The summed E-state index contributed by atoms with van der Waals surface area (Å²) < 4.78 is 5.57. The topological polar surface area (TPSA) is 86.1 Å². The van der Waals surface area contributed by atoms with Crippen molar-refractivity contribution in [2.75, 3.05) is 6.54 Å². The zero-order valence-corrected chi connectivity index (χ0v) is 13.6. The standard InChI is InChI=1S/C18H21N5O/c19-13-21-18(24-14-7-2-1-3-8-14)20-12-6-11-17-22-15-9-4-5-10-16(15)23-17/h1-3,7-8H,4-6,9-12H2,(H,20,21)(H,22,23). The maximum atomic E-state index is 8.81. The largest absolute Gasteiger partial charge is 0.425 e. The average molecular weight is 323 g/mol. The molecule has 1 aliphatic rings. The van der Waals surface area contributed by atoms with Crippen LogP contribution in [-0.4, -0.2) is 22.5 Å². The number of aromatic amines is 1. The van der Waals surface area contributed by atoms with Gasteiger partial charge < -0.3 is 9.72 Å². The monoisotopic (exact) mass is 323 g/mol. The second-order valence-corrected chi connectivity index (χ2v) is 5.76. The summed E-state index contributed by atoms with van der Waals surface area (Å²) in [4.78, 5) is 12.4. The molecule has 6 heteroatoms. The van der Waals surface area contributed by atoms with Crippen molar-refractivity contribution in [3.05, 3.63) is 47.5 Å². The molecule has 0 unspecified atom stereocenters. The summed E-state index contributed by atoms with van der Waals surface area (Å²) in [7, 11) is 0. The van der Waals surface area contributed by atoms with E-state index in [0.717, 1.165) is 31.5 Å². The van der Waals surface area contributed by atoms with Gasteiger partial charge in [0.05, 0.1) is 5.69 Å². The highest BCUT2D eigenvalue weighted by Gasteiger charge is 2.13. The zero-order chi connectivity index (χ0) is 16.6. The number of imidazole rings is 1. The molecule has 0 radical (unpaired) electrons. The Balaban J connectivity index is 1.51. The Labute approximate surface area is 141 Å². The van der Waals surface area contributed by atoms with Gasteiger partial charge in [0.25, 0.3) is 0 Å². The molecule has 6 nitrogen and oxygen atoms in total. The maximum absolute atomic E-state index is 8.81. The first-order chi connectivity index (χ1) is 11.8. The Morgan fingerprint density at radius 1 is 1.29 bits per heavy atom. The van der Waals surface area contributed by atoms with Crippen molar-refractivity contribution in [3.8, 4) is 11.9 Å². The summed E-state index contributed by atoms with van der Waals surface area (Å²) in [6.07, 6.45) is 8.24. The van der Waals surface area contributed by atoms with E-state index in [0.29, 0.717) is 12.3 Å². The van der Waals surface area contributed by atoms with Crippen LogP contribution in [0.5, 0.6) is 5.75 Å². The Morgan fingerprint density at radius 3 is 2.92 bits per heavy atom. The van der Waals surface area contributed by atoms with E-state index in [1.54, 1.807) is 0 Å². The third-order valence-electron chi connectivity index (χ3n) is 3.95. The number of benzene rings is 1. The lowest BCUT2D eigenvalue weighted by atomic mass is 10.0. The summed E-state index contributed by atoms with van der Waals surface area (Å²) in [6, 6.07) is 9.52. The smallest absolute Gasteiger partial charge is 0.303 e. The Kier molecular flexibility index (Phi) is 5.46. The summed E-state index contributed by atoms with van der Waals surface area (Å²) in [6.45, 7) is 0.572. The van der Waals surface area contributed by atoms with Crippen molar-refractivity contribution in [1.82, 2.24) is 15.3 Å². The second-order valence-electron chi connectivity index (χ2n) is 5.76. The van der Waals surface area contributed by atoms with E-state index >= 15 is 0 Å². The SMILES string of the molecule is N#CNC(=NCCCc1nc2c([nH]1)CCCC2)Oc1ccccc1. The molecular formula is C18H21N5O. The molecule has 1 heterocycles. The number of hydrogen-bond acceptors (Lipinski definition) is 4. The van der Waals surface area contributed by atoms with Gasteiger partial charge in [0, 0.05) is 18.7 Å². The molecule has 0 fully saturated rings. The Morgan fingerprint density at radius 2 is 2.12 bits per heavy atom. The molecule has 124 valence electrons. The van der Waals surface area contributed by atoms with Gasteiger partial charge in [0.15, 0.2) is 6.19 Å². The Bertz CT molecular complexity index is 706. The van der Waals surface area contributed by atoms with E-state index in [2.05, 4.69) is 20.3 Å². The number of nitriles is 1. The van der Waals surface area contributed by atoms with Crippen molar-refractivity contribution in [3.63, 3.8) is 0 Å². The molecule has 0 spiro atoms. The normalized spacial score (nSPS) is 13.9. The molecule has 1 aliphatic carbocycles. The first-order valence-electron chi connectivity index (χ1n) is 8.34. The number of rotatable bonds is 5. The third kappa shape index (κ3) is 4.35. The van der Waals surface area contributed by atoms with Gasteiger partial charge >= 0.3 is 6.02 Å². The van der Waals surface area contributed by atoms with E-state index in [1.165, 1.54) is 24.2 Å². The molecule has 0 amide bonds. The van der Waals surface area contributed by atoms with E-state index in [4.69, 9.17) is 10.00 Å². The molecule has 0 saturated heterocycles. The number of nitrogens with zero attached hydrogens (tertiary/aromatic N) is 3. The minimum Gasteiger partial charge on any atom is -0.425 e. The molecule has 2 N–H and O–H groups in total. The quantitative estimate of drug-likeness (QED) is 0.291. The van der Waals surface area contributed by atoms with Gasteiger partial charge in [-0.15, -0.1) is 0 Å². The van der Waals surface area contributed by atoms with Crippen LogP contribution < -0.4 is 10.1 Å². The fourth-order valence-electron chi connectivity index (χ4n) is 2.80. The third-order valence-corrected chi connectivity index (χ3v) is 3.95. The van der Waals surface area contributed by atoms with E-state index in [9.17, 15) is 0 Å². The van der Waals surface area contributed by atoms with E-state index < -0.39 is 0 Å². The number of aromatic nitrogens is 2. The molecule has 0 saturated carbocycles. The van der Waals surface area contributed by atoms with Crippen molar-refractivity contribution in [1.29, 1.82) is 5.26 Å². The summed E-state index contributed by atoms with van der Waals surface area (Å²) >= 11 is 0. The fourth-order valence-corrected chi connectivity index (χ4v) is 2.80. The molecule has 0 atom stereocenters. The van der Waals surface area contributed by atoms with Crippen molar-refractivity contribution in [2.24, 2.45) is 4.99 Å². The van der Waals surface area contributed by atoms with Gasteiger partial charge in [-0.25, -0.2) is 15.3 Å². The molecule has 3 rings (SSSR count). The predicted molar refractivity (Wildman–Crippen MR) is 91.7 cm³/mol. The van der Waals surface area contributed by atoms with Crippen LogP contribution in [0.1, 0.15) is 36.5 Å². The van der Waals surface area contributed by atoms with Crippen molar-refractivity contribution >= 4 is 6.02 Å². The lowest BCUT2D eigenvalue weighted by molar-refractivity contribution is 0.525. The zero-order valence-electron chi connectivity index (χ0n) is 13.6. The van der Waals surface area contributed by atoms with Crippen LogP contribution in [0, 0.1) is 11.5 Å². The summed E-state index contributed by atoms with van der Waals surface area (Å²) in [5.74, 6) is 1.69. The average Bonchev–Trinajstić information content (AvgIpc) is 3.02. The molecular weight excluding hydrogens is 302 g/mol. The van der Waals surface area contributed by atoms with Crippen LogP contribution in [0.25, 0.3) is 0 Å². The van der Waals surface area contributed by atoms with E-state index in [1.807, 2.05) is 36.5 Å². The number of hydrogen-bond donors (Lipinski definition) is 2. The number of H-pyrrole nitrogens is 1. The highest BCUT2D eigenvalue weighted by atomic mass is 16.5. The molecule has 1 aromatic carbocycles.